The molecule has 0 spiro atoms. The number of nitrogens with one attached hydrogen (secondary N) is 2. The molecule has 6 nitrogen and oxygen atoms in total. The minimum absolute atomic E-state index is 0.764. The molecule has 0 unspecified atom stereocenters. The van der Waals surface area contributed by atoms with Gasteiger partial charge in [0.2, 0.25) is 0 Å². The van der Waals surface area contributed by atoms with Gasteiger partial charge in [0.25, 0.3) is 0 Å². The number of fused-ring (bicyclic) bond motifs is 2. The molecule has 24 heavy (non-hydrogen) atoms. The molecule has 0 bridgehead atoms. The second-order valence-corrected chi connectivity index (χ2v) is 5.57. The summed E-state index contributed by atoms with van der Waals surface area (Å²) in [6, 6.07) is 10.0. The maximum Gasteiger partial charge on any atom is 0.155 e. The molecule has 0 fully saturated rings. The summed E-state index contributed by atoms with van der Waals surface area (Å²) in [7, 11) is 0. The van der Waals surface area contributed by atoms with Crippen molar-refractivity contribution < 1.29 is 0 Å². The molecular formula is C18H12N6. The van der Waals surface area contributed by atoms with Gasteiger partial charge < -0.3 is 4.98 Å². The van der Waals surface area contributed by atoms with Crippen LogP contribution in [0, 0.1) is 0 Å². The minimum Gasteiger partial charge on any atom is -0.353 e. The van der Waals surface area contributed by atoms with Crippen LogP contribution in [-0.4, -0.2) is 30.1 Å². The zero-order valence-corrected chi connectivity index (χ0v) is 12.6. The van der Waals surface area contributed by atoms with Gasteiger partial charge in [-0.15, -0.1) is 0 Å². The normalized spacial score (nSPS) is 11.3. The molecule has 0 saturated heterocycles. The lowest BCUT2D eigenvalue weighted by atomic mass is 10.1. The van der Waals surface area contributed by atoms with E-state index >= 15 is 0 Å². The number of pyridine rings is 3. The Hall–Kier alpha value is -3.54. The molecule has 5 aromatic rings. The monoisotopic (exact) mass is 312 g/mol. The van der Waals surface area contributed by atoms with E-state index in [9.17, 15) is 0 Å². The van der Waals surface area contributed by atoms with E-state index in [1.165, 1.54) is 0 Å². The lowest BCUT2D eigenvalue weighted by Crippen LogP contribution is -1.83. The largest absolute Gasteiger partial charge is 0.353 e. The van der Waals surface area contributed by atoms with Crippen LogP contribution in [0.5, 0.6) is 0 Å². The van der Waals surface area contributed by atoms with Gasteiger partial charge in [0.15, 0.2) is 5.65 Å². The molecule has 0 saturated carbocycles. The Bertz CT molecular complexity index is 1120. The number of aromatic amines is 2. The molecule has 6 heteroatoms. The molecule has 0 radical (unpaired) electrons. The Kier molecular flexibility index (Phi) is 2.69. The van der Waals surface area contributed by atoms with Crippen LogP contribution in [0.15, 0.2) is 61.3 Å². The fourth-order valence-electron chi connectivity index (χ4n) is 2.91. The highest BCUT2D eigenvalue weighted by atomic mass is 15.2. The Morgan fingerprint density at radius 1 is 0.833 bits per heavy atom. The molecule has 0 aliphatic rings. The fraction of sp³-hybridized carbons (Fsp3) is 0. The number of H-pyrrole nitrogens is 2. The van der Waals surface area contributed by atoms with Crippen molar-refractivity contribution in [2.24, 2.45) is 0 Å². The third-order valence-electron chi connectivity index (χ3n) is 4.11. The molecule has 0 amide bonds. The average molecular weight is 312 g/mol. The lowest BCUT2D eigenvalue weighted by molar-refractivity contribution is 1.10. The number of hydrogen-bond donors (Lipinski definition) is 2. The van der Waals surface area contributed by atoms with E-state index < -0.39 is 0 Å². The lowest BCUT2D eigenvalue weighted by Gasteiger charge is -2.01. The van der Waals surface area contributed by atoms with E-state index in [1.807, 2.05) is 30.6 Å². The van der Waals surface area contributed by atoms with Gasteiger partial charge in [-0.05, 0) is 35.9 Å². The zero-order chi connectivity index (χ0) is 15.9. The van der Waals surface area contributed by atoms with Gasteiger partial charge in [0.05, 0.1) is 5.69 Å². The van der Waals surface area contributed by atoms with Gasteiger partial charge in [-0.3, -0.25) is 15.1 Å². The van der Waals surface area contributed by atoms with Gasteiger partial charge in [-0.1, -0.05) is 0 Å². The van der Waals surface area contributed by atoms with Crippen LogP contribution in [0.1, 0.15) is 0 Å². The van der Waals surface area contributed by atoms with Gasteiger partial charge >= 0.3 is 0 Å². The van der Waals surface area contributed by atoms with E-state index in [0.29, 0.717) is 0 Å². The van der Waals surface area contributed by atoms with Gasteiger partial charge in [0.1, 0.15) is 5.69 Å². The van der Waals surface area contributed by atoms with Gasteiger partial charge in [-0.2, -0.15) is 5.10 Å². The number of aromatic nitrogens is 6. The topological polar surface area (TPSA) is 83.1 Å². The Morgan fingerprint density at radius 3 is 2.58 bits per heavy atom. The van der Waals surface area contributed by atoms with Crippen LogP contribution in [0.4, 0.5) is 0 Å². The van der Waals surface area contributed by atoms with Gasteiger partial charge in [0, 0.05) is 52.8 Å². The first-order valence-corrected chi connectivity index (χ1v) is 7.56. The third-order valence-corrected chi connectivity index (χ3v) is 4.11. The first kappa shape index (κ1) is 13.0. The van der Waals surface area contributed by atoms with Crippen molar-refractivity contribution in [3.05, 3.63) is 61.3 Å². The van der Waals surface area contributed by atoms with Crippen molar-refractivity contribution in [1.29, 1.82) is 0 Å². The molecule has 0 aliphatic heterocycles. The van der Waals surface area contributed by atoms with E-state index in [4.69, 9.17) is 0 Å². The van der Waals surface area contributed by atoms with Crippen LogP contribution >= 0.6 is 0 Å². The summed E-state index contributed by atoms with van der Waals surface area (Å²) in [6.07, 6.45) is 9.01. The second kappa shape index (κ2) is 4.99. The molecular weight excluding hydrogens is 300 g/mol. The predicted molar refractivity (Wildman–Crippen MR) is 92.2 cm³/mol. The van der Waals surface area contributed by atoms with Crippen LogP contribution in [0.25, 0.3) is 44.5 Å². The van der Waals surface area contributed by atoms with Crippen LogP contribution in [-0.2, 0) is 0 Å². The summed E-state index contributed by atoms with van der Waals surface area (Å²) in [6.45, 7) is 0. The van der Waals surface area contributed by atoms with E-state index in [2.05, 4.69) is 42.3 Å². The smallest absolute Gasteiger partial charge is 0.155 e. The predicted octanol–water partition coefficient (Wildman–Crippen LogP) is 3.56. The fourth-order valence-corrected chi connectivity index (χ4v) is 2.91. The Morgan fingerprint density at radius 2 is 1.71 bits per heavy atom. The van der Waals surface area contributed by atoms with E-state index in [1.54, 1.807) is 18.6 Å². The quantitative estimate of drug-likeness (QED) is 0.522. The Balaban J connectivity index is 1.71. The van der Waals surface area contributed by atoms with Crippen molar-refractivity contribution in [2.45, 2.75) is 0 Å². The summed E-state index contributed by atoms with van der Waals surface area (Å²) >= 11 is 0. The number of rotatable bonds is 2. The summed E-state index contributed by atoms with van der Waals surface area (Å²) in [4.78, 5) is 16.1. The molecule has 5 aromatic heterocycles. The van der Waals surface area contributed by atoms with Crippen molar-refractivity contribution in [3.63, 3.8) is 0 Å². The molecule has 0 aliphatic carbocycles. The average Bonchev–Trinajstić information content (AvgIpc) is 3.25. The first-order chi connectivity index (χ1) is 11.9. The minimum atomic E-state index is 0.764. The second-order valence-electron chi connectivity index (χ2n) is 5.57. The van der Waals surface area contributed by atoms with Crippen molar-refractivity contribution in [1.82, 2.24) is 30.1 Å². The van der Waals surface area contributed by atoms with Crippen molar-refractivity contribution in [2.75, 3.05) is 0 Å². The molecule has 2 N–H and O–H groups in total. The van der Waals surface area contributed by atoms with E-state index in [0.717, 1.165) is 44.5 Å². The van der Waals surface area contributed by atoms with Gasteiger partial charge in [-0.25, -0.2) is 4.98 Å². The van der Waals surface area contributed by atoms with Crippen LogP contribution in [0.2, 0.25) is 0 Å². The standard InChI is InChI=1S/C18H12N6/c1-4-19-5-2-11(1)12-7-14-17(23-24-18(14)21-10-12)16-8-13-9-20-6-3-15(13)22-16/h1-10,22H,(H,21,23,24). The number of hydrogen-bond acceptors (Lipinski definition) is 4. The van der Waals surface area contributed by atoms with Crippen LogP contribution in [0.3, 0.4) is 0 Å². The molecule has 114 valence electrons. The highest BCUT2D eigenvalue weighted by Crippen LogP contribution is 2.30. The maximum absolute atomic E-state index is 4.49. The van der Waals surface area contributed by atoms with Crippen molar-refractivity contribution >= 4 is 21.9 Å². The van der Waals surface area contributed by atoms with Crippen LogP contribution < -0.4 is 0 Å². The summed E-state index contributed by atoms with van der Waals surface area (Å²) in [5.41, 5.74) is 5.70. The first-order valence-electron chi connectivity index (χ1n) is 7.56. The highest BCUT2D eigenvalue weighted by Gasteiger charge is 2.13. The zero-order valence-electron chi connectivity index (χ0n) is 12.6. The maximum atomic E-state index is 4.49. The Labute approximate surface area is 136 Å². The van der Waals surface area contributed by atoms with E-state index in [-0.39, 0.29) is 0 Å². The molecule has 0 atom stereocenters. The summed E-state index contributed by atoms with van der Waals surface area (Å²) in [5.74, 6) is 0. The molecule has 5 heterocycles. The molecule has 5 rings (SSSR count). The summed E-state index contributed by atoms with van der Waals surface area (Å²) < 4.78 is 0. The SMILES string of the molecule is c1cc(-c2cnc3[nH]nc(-c4cc5cnccc5[nH]4)c3c2)ccn1. The summed E-state index contributed by atoms with van der Waals surface area (Å²) in [5, 5.41) is 9.48. The third kappa shape index (κ3) is 1.97. The molecule has 0 aromatic carbocycles. The van der Waals surface area contributed by atoms with Crippen molar-refractivity contribution in [3.8, 4) is 22.5 Å². The number of nitrogens with zero attached hydrogens (tertiary/aromatic N) is 4. The highest BCUT2D eigenvalue weighted by molar-refractivity contribution is 5.95.